The first kappa shape index (κ1) is 22.5. The zero-order chi connectivity index (χ0) is 22.7. The lowest BCUT2D eigenvalue weighted by atomic mass is 10.00. The summed E-state index contributed by atoms with van der Waals surface area (Å²) in [6.07, 6.45) is 4.39. The normalized spacial score (nSPS) is 22.9. The van der Waals surface area contributed by atoms with E-state index in [-0.39, 0.29) is 12.5 Å². The SMILES string of the molecule is CN=Cc1ccc(N2CC(NC(=O)C(C)N3CCOCC3)CC(F)(F)C2)c2nccnc12. The Bertz CT molecular complexity index is 996. The van der Waals surface area contributed by atoms with Gasteiger partial charge in [0.1, 0.15) is 5.52 Å². The predicted octanol–water partition coefficient (Wildman–Crippen LogP) is 1.73. The molecule has 0 bridgehead atoms. The molecule has 0 radical (unpaired) electrons. The fraction of sp³-hybridized carbons (Fsp3) is 0.545. The molecule has 4 rings (SSSR count). The summed E-state index contributed by atoms with van der Waals surface area (Å²) in [6, 6.07) is 2.49. The molecule has 2 aliphatic rings. The van der Waals surface area contributed by atoms with Crippen LogP contribution in [-0.2, 0) is 9.53 Å². The fourth-order valence-corrected chi connectivity index (χ4v) is 4.39. The number of ether oxygens (including phenoxy) is 1. The van der Waals surface area contributed by atoms with Gasteiger partial charge in [-0.15, -0.1) is 0 Å². The maximum absolute atomic E-state index is 14.7. The lowest BCUT2D eigenvalue weighted by Gasteiger charge is -2.40. The van der Waals surface area contributed by atoms with Crippen LogP contribution < -0.4 is 10.2 Å². The number of nitrogens with one attached hydrogen (secondary N) is 1. The number of nitrogens with zero attached hydrogens (tertiary/aromatic N) is 5. The van der Waals surface area contributed by atoms with Crippen molar-refractivity contribution in [3.63, 3.8) is 0 Å². The van der Waals surface area contributed by atoms with Crippen LogP contribution in [-0.4, -0.2) is 91.4 Å². The van der Waals surface area contributed by atoms with Crippen molar-refractivity contribution in [3.05, 3.63) is 30.1 Å². The van der Waals surface area contributed by atoms with Gasteiger partial charge in [0.15, 0.2) is 0 Å². The van der Waals surface area contributed by atoms with E-state index < -0.39 is 31.0 Å². The number of hydrogen-bond acceptors (Lipinski definition) is 7. The van der Waals surface area contributed by atoms with Gasteiger partial charge in [0.05, 0.1) is 43.0 Å². The van der Waals surface area contributed by atoms with E-state index >= 15 is 0 Å². The van der Waals surface area contributed by atoms with Gasteiger partial charge >= 0.3 is 0 Å². The number of benzene rings is 1. The number of aliphatic imine (C=N–C) groups is 1. The molecule has 172 valence electrons. The summed E-state index contributed by atoms with van der Waals surface area (Å²) in [5.41, 5.74) is 2.48. The van der Waals surface area contributed by atoms with E-state index in [2.05, 4.69) is 20.3 Å². The van der Waals surface area contributed by atoms with E-state index in [0.29, 0.717) is 43.0 Å². The van der Waals surface area contributed by atoms with Crippen molar-refractivity contribution < 1.29 is 18.3 Å². The Morgan fingerprint density at radius 1 is 1.28 bits per heavy atom. The second kappa shape index (κ2) is 9.41. The number of halogens is 2. The van der Waals surface area contributed by atoms with Crippen molar-refractivity contribution in [2.75, 3.05) is 51.3 Å². The zero-order valence-corrected chi connectivity index (χ0v) is 18.3. The highest BCUT2D eigenvalue weighted by Gasteiger charge is 2.42. The lowest BCUT2D eigenvalue weighted by Crippen LogP contribution is -2.58. The molecule has 1 amide bonds. The van der Waals surface area contributed by atoms with Crippen molar-refractivity contribution >= 4 is 28.8 Å². The molecule has 0 spiro atoms. The Morgan fingerprint density at radius 2 is 2.00 bits per heavy atom. The highest BCUT2D eigenvalue weighted by Crippen LogP contribution is 2.33. The quantitative estimate of drug-likeness (QED) is 0.705. The number of carbonyl (C=O) groups excluding carboxylic acids is 1. The monoisotopic (exact) mass is 446 g/mol. The largest absolute Gasteiger partial charge is 0.379 e. The molecule has 2 saturated heterocycles. The average molecular weight is 447 g/mol. The van der Waals surface area contributed by atoms with E-state index in [1.165, 1.54) is 0 Å². The lowest BCUT2D eigenvalue weighted by molar-refractivity contribution is -0.129. The number of alkyl halides is 2. The average Bonchev–Trinajstić information content (AvgIpc) is 2.78. The molecule has 8 nitrogen and oxygen atoms in total. The number of piperidine rings is 1. The number of carbonyl (C=O) groups is 1. The molecule has 2 atom stereocenters. The van der Waals surface area contributed by atoms with Crippen LogP contribution in [0.3, 0.4) is 0 Å². The predicted molar refractivity (Wildman–Crippen MR) is 119 cm³/mol. The van der Waals surface area contributed by atoms with Crippen LogP contribution in [0.15, 0.2) is 29.5 Å². The highest BCUT2D eigenvalue weighted by atomic mass is 19.3. The van der Waals surface area contributed by atoms with Crippen LogP contribution in [0.4, 0.5) is 14.5 Å². The van der Waals surface area contributed by atoms with Crippen LogP contribution in [0.2, 0.25) is 0 Å². The molecule has 2 unspecified atom stereocenters. The minimum absolute atomic E-state index is 0.242. The van der Waals surface area contributed by atoms with Crippen molar-refractivity contribution in [2.24, 2.45) is 4.99 Å². The maximum atomic E-state index is 14.7. The molecule has 1 aromatic heterocycles. The second-order valence-corrected chi connectivity index (χ2v) is 8.29. The summed E-state index contributed by atoms with van der Waals surface area (Å²) >= 11 is 0. The number of hydrogen-bond donors (Lipinski definition) is 1. The highest BCUT2D eigenvalue weighted by molar-refractivity contribution is 6.01. The molecular formula is C22H28F2N6O2. The molecule has 0 saturated carbocycles. The third kappa shape index (κ3) is 4.86. The summed E-state index contributed by atoms with van der Waals surface area (Å²) in [5.74, 6) is -3.19. The Labute approximate surface area is 185 Å². The van der Waals surface area contributed by atoms with Crippen molar-refractivity contribution in [1.82, 2.24) is 20.2 Å². The molecule has 1 N–H and O–H groups in total. The standard InChI is InChI=1S/C22H28F2N6O2/c1-15(29-7-9-32-10-8-29)21(31)28-17-11-22(23,24)14-30(13-17)18-4-3-16(12-25-2)19-20(18)27-6-5-26-19/h3-6,12,15,17H,7-11,13-14H2,1-2H3,(H,28,31). The molecule has 3 heterocycles. The van der Waals surface area contributed by atoms with E-state index in [1.807, 2.05) is 4.90 Å². The third-order valence-corrected chi connectivity index (χ3v) is 5.97. The Hall–Kier alpha value is -2.72. The Kier molecular flexibility index (Phi) is 6.61. The molecule has 0 aliphatic carbocycles. The van der Waals surface area contributed by atoms with Crippen LogP contribution in [0.25, 0.3) is 11.0 Å². The molecule has 2 aromatic rings. The summed E-state index contributed by atoms with van der Waals surface area (Å²) in [6.45, 7) is 4.07. The summed E-state index contributed by atoms with van der Waals surface area (Å²) < 4.78 is 34.8. The van der Waals surface area contributed by atoms with Crippen LogP contribution in [0.5, 0.6) is 0 Å². The van der Waals surface area contributed by atoms with Crippen molar-refractivity contribution in [2.45, 2.75) is 31.4 Å². The number of morpholine rings is 1. The molecule has 2 aliphatic heterocycles. The summed E-state index contributed by atoms with van der Waals surface area (Å²) in [5, 5.41) is 2.85. The van der Waals surface area contributed by atoms with Crippen LogP contribution in [0.1, 0.15) is 18.9 Å². The van der Waals surface area contributed by atoms with Gasteiger partial charge in [0, 0.05) is 57.3 Å². The fourth-order valence-electron chi connectivity index (χ4n) is 4.39. The zero-order valence-electron chi connectivity index (χ0n) is 18.3. The van der Waals surface area contributed by atoms with Gasteiger partial charge in [-0.05, 0) is 19.1 Å². The first-order valence-corrected chi connectivity index (χ1v) is 10.8. The molecule has 1 aromatic carbocycles. The number of rotatable bonds is 5. The van der Waals surface area contributed by atoms with Crippen LogP contribution >= 0.6 is 0 Å². The Balaban J connectivity index is 1.55. The van der Waals surface area contributed by atoms with E-state index in [0.717, 1.165) is 5.56 Å². The minimum atomic E-state index is -2.95. The van der Waals surface area contributed by atoms with E-state index in [1.54, 1.807) is 49.6 Å². The van der Waals surface area contributed by atoms with Gasteiger partial charge in [-0.25, -0.2) is 8.78 Å². The molecule has 32 heavy (non-hydrogen) atoms. The minimum Gasteiger partial charge on any atom is -0.379 e. The smallest absolute Gasteiger partial charge is 0.267 e. The van der Waals surface area contributed by atoms with Gasteiger partial charge < -0.3 is 15.0 Å². The summed E-state index contributed by atoms with van der Waals surface area (Å²) in [7, 11) is 1.66. The first-order valence-electron chi connectivity index (χ1n) is 10.8. The second-order valence-electron chi connectivity index (χ2n) is 8.29. The van der Waals surface area contributed by atoms with E-state index in [4.69, 9.17) is 4.74 Å². The van der Waals surface area contributed by atoms with Crippen LogP contribution in [0, 0.1) is 0 Å². The van der Waals surface area contributed by atoms with Crippen molar-refractivity contribution in [3.8, 4) is 0 Å². The van der Waals surface area contributed by atoms with Gasteiger partial charge in [-0.1, -0.05) is 0 Å². The third-order valence-electron chi connectivity index (χ3n) is 5.97. The van der Waals surface area contributed by atoms with Gasteiger partial charge in [-0.2, -0.15) is 0 Å². The van der Waals surface area contributed by atoms with E-state index in [9.17, 15) is 13.6 Å². The topological polar surface area (TPSA) is 83.0 Å². The number of amides is 1. The molecular weight excluding hydrogens is 418 g/mol. The Morgan fingerprint density at radius 3 is 2.72 bits per heavy atom. The molecule has 2 fully saturated rings. The number of anilines is 1. The molecule has 10 heteroatoms. The number of fused-ring (bicyclic) bond motifs is 1. The summed E-state index contributed by atoms with van der Waals surface area (Å²) in [4.78, 5) is 29.2. The van der Waals surface area contributed by atoms with Gasteiger partial charge in [0.25, 0.3) is 5.92 Å². The maximum Gasteiger partial charge on any atom is 0.267 e. The first-order chi connectivity index (χ1) is 15.4. The van der Waals surface area contributed by atoms with Gasteiger partial charge in [-0.3, -0.25) is 24.7 Å². The van der Waals surface area contributed by atoms with Gasteiger partial charge in [0.2, 0.25) is 5.91 Å². The van der Waals surface area contributed by atoms with Crippen molar-refractivity contribution in [1.29, 1.82) is 0 Å². The number of aromatic nitrogens is 2.